The minimum absolute atomic E-state index is 0.241. The average Bonchev–Trinajstić information content (AvgIpc) is 3.32. The molecule has 0 spiro atoms. The molecule has 1 amide bonds. The lowest BCUT2D eigenvalue weighted by molar-refractivity contribution is 0.0916. The second-order valence-electron chi connectivity index (χ2n) is 7.49. The third kappa shape index (κ3) is 4.55. The van der Waals surface area contributed by atoms with Gasteiger partial charge < -0.3 is 10.4 Å². The number of nitrogens with one attached hydrogen (secondary N) is 1. The maximum atomic E-state index is 13.2. The number of aryl methyl sites for hydroxylation is 2. The number of aliphatic hydroxyl groups excluding tert-OH is 1. The van der Waals surface area contributed by atoms with Gasteiger partial charge in [0, 0.05) is 24.4 Å². The minimum Gasteiger partial charge on any atom is -0.394 e. The van der Waals surface area contributed by atoms with Crippen LogP contribution in [0, 0.1) is 6.92 Å². The summed E-state index contributed by atoms with van der Waals surface area (Å²) >= 11 is 0. The first-order valence-corrected chi connectivity index (χ1v) is 10.4. The molecule has 8 nitrogen and oxygen atoms in total. The highest BCUT2D eigenvalue weighted by Gasteiger charge is 2.18. The molecule has 162 valence electrons. The Morgan fingerprint density at radius 3 is 2.62 bits per heavy atom. The van der Waals surface area contributed by atoms with Crippen LogP contribution in [0.15, 0.2) is 67.0 Å². The molecule has 1 atom stereocenters. The summed E-state index contributed by atoms with van der Waals surface area (Å²) in [4.78, 5) is 17.3. The number of benzene rings is 2. The Labute approximate surface area is 186 Å². The van der Waals surface area contributed by atoms with Gasteiger partial charge in [0.15, 0.2) is 5.82 Å². The summed E-state index contributed by atoms with van der Waals surface area (Å²) in [7, 11) is 0. The van der Waals surface area contributed by atoms with E-state index < -0.39 is 6.04 Å². The fraction of sp³-hybridized carbons (Fsp3) is 0.208. The van der Waals surface area contributed by atoms with Crippen LogP contribution >= 0.6 is 0 Å². The van der Waals surface area contributed by atoms with E-state index in [9.17, 15) is 9.90 Å². The van der Waals surface area contributed by atoms with E-state index in [2.05, 4.69) is 25.8 Å². The number of hydrogen-bond donors (Lipinski definition) is 2. The Morgan fingerprint density at radius 2 is 1.94 bits per heavy atom. The van der Waals surface area contributed by atoms with Crippen molar-refractivity contribution in [2.24, 2.45) is 0 Å². The maximum Gasteiger partial charge on any atom is 0.251 e. The Bertz CT molecular complexity index is 1200. The van der Waals surface area contributed by atoms with Gasteiger partial charge in [-0.2, -0.15) is 4.68 Å². The van der Waals surface area contributed by atoms with Gasteiger partial charge in [-0.3, -0.25) is 9.78 Å². The van der Waals surface area contributed by atoms with Crippen molar-refractivity contribution in [1.82, 2.24) is 30.5 Å². The van der Waals surface area contributed by atoms with E-state index in [1.165, 1.54) is 0 Å². The van der Waals surface area contributed by atoms with E-state index in [-0.39, 0.29) is 12.5 Å². The lowest BCUT2D eigenvalue weighted by atomic mass is 10.00. The summed E-state index contributed by atoms with van der Waals surface area (Å²) in [5, 5.41) is 24.7. The number of aliphatic hydroxyl groups is 1. The molecule has 0 saturated heterocycles. The van der Waals surface area contributed by atoms with Gasteiger partial charge in [-0.15, -0.1) is 5.10 Å². The Hall–Kier alpha value is -3.91. The molecule has 32 heavy (non-hydrogen) atoms. The lowest BCUT2D eigenvalue weighted by Gasteiger charge is -2.17. The van der Waals surface area contributed by atoms with Crippen molar-refractivity contribution >= 4 is 5.91 Å². The number of tetrazole rings is 1. The molecule has 2 heterocycles. The fourth-order valence-electron chi connectivity index (χ4n) is 3.46. The monoisotopic (exact) mass is 428 g/mol. The van der Waals surface area contributed by atoms with E-state index >= 15 is 0 Å². The summed E-state index contributed by atoms with van der Waals surface area (Å²) < 4.78 is 1.64. The van der Waals surface area contributed by atoms with Crippen molar-refractivity contribution in [3.8, 4) is 16.8 Å². The van der Waals surface area contributed by atoms with Crippen LogP contribution in [0.25, 0.3) is 16.8 Å². The van der Waals surface area contributed by atoms with E-state index in [1.807, 2.05) is 56.3 Å². The highest BCUT2D eigenvalue weighted by Crippen LogP contribution is 2.25. The summed E-state index contributed by atoms with van der Waals surface area (Å²) in [6.07, 6.45) is 3.93. The van der Waals surface area contributed by atoms with Crippen LogP contribution in [-0.2, 0) is 6.42 Å². The number of hydrogen-bond acceptors (Lipinski definition) is 6. The largest absolute Gasteiger partial charge is 0.394 e. The van der Waals surface area contributed by atoms with Gasteiger partial charge in [0.25, 0.3) is 5.91 Å². The van der Waals surface area contributed by atoms with Gasteiger partial charge in [0.1, 0.15) is 0 Å². The molecule has 0 aliphatic heterocycles. The zero-order valence-corrected chi connectivity index (χ0v) is 17.9. The van der Waals surface area contributed by atoms with Crippen LogP contribution in [-0.4, -0.2) is 42.8 Å². The summed E-state index contributed by atoms with van der Waals surface area (Å²) in [5.74, 6) is 0.384. The number of nitrogens with zero attached hydrogens (tertiary/aromatic N) is 5. The number of pyridine rings is 1. The first-order valence-electron chi connectivity index (χ1n) is 10.4. The van der Waals surface area contributed by atoms with E-state index in [0.29, 0.717) is 23.5 Å². The molecule has 0 radical (unpaired) electrons. The second kappa shape index (κ2) is 9.49. The summed E-state index contributed by atoms with van der Waals surface area (Å²) in [5.41, 5.74) is 4.86. The molecule has 2 N–H and O–H groups in total. The smallest absolute Gasteiger partial charge is 0.251 e. The predicted octanol–water partition coefficient (Wildman–Crippen LogP) is 3.06. The number of carbonyl (C=O) groups is 1. The number of amides is 1. The summed E-state index contributed by atoms with van der Waals surface area (Å²) in [6, 6.07) is 16.6. The van der Waals surface area contributed by atoms with Gasteiger partial charge in [-0.25, -0.2) is 0 Å². The van der Waals surface area contributed by atoms with E-state index in [4.69, 9.17) is 0 Å². The van der Waals surface area contributed by atoms with Crippen LogP contribution < -0.4 is 5.32 Å². The number of aromatic nitrogens is 5. The van der Waals surface area contributed by atoms with Crippen LogP contribution in [0.1, 0.15) is 40.3 Å². The topological polar surface area (TPSA) is 106 Å². The highest BCUT2D eigenvalue weighted by atomic mass is 16.3. The van der Waals surface area contributed by atoms with Crippen molar-refractivity contribution in [2.75, 3.05) is 6.61 Å². The number of rotatable bonds is 7. The average molecular weight is 428 g/mol. The molecule has 0 fully saturated rings. The van der Waals surface area contributed by atoms with Gasteiger partial charge in [0.05, 0.1) is 18.3 Å². The molecule has 0 saturated carbocycles. The Balaban J connectivity index is 1.75. The minimum atomic E-state index is -0.568. The van der Waals surface area contributed by atoms with E-state index in [1.54, 1.807) is 29.2 Å². The SMILES string of the molecule is CCc1nnnn1-c1cc(C(=O)NC(CO)c2cccnc2)cc(-c2ccc(C)cc2)c1. The molecule has 8 heteroatoms. The van der Waals surface area contributed by atoms with Crippen LogP contribution in [0.5, 0.6) is 0 Å². The molecule has 4 rings (SSSR count). The van der Waals surface area contributed by atoms with E-state index in [0.717, 1.165) is 22.3 Å². The maximum absolute atomic E-state index is 13.2. The molecule has 4 aromatic rings. The first-order chi connectivity index (χ1) is 15.6. The zero-order chi connectivity index (χ0) is 22.5. The van der Waals surface area contributed by atoms with Crippen LogP contribution in [0.2, 0.25) is 0 Å². The van der Waals surface area contributed by atoms with Crippen molar-refractivity contribution in [3.63, 3.8) is 0 Å². The lowest BCUT2D eigenvalue weighted by Crippen LogP contribution is -2.31. The quantitative estimate of drug-likeness (QED) is 0.469. The third-order valence-corrected chi connectivity index (χ3v) is 5.23. The van der Waals surface area contributed by atoms with Crippen molar-refractivity contribution < 1.29 is 9.90 Å². The summed E-state index contributed by atoms with van der Waals surface area (Å²) in [6.45, 7) is 3.76. The molecule has 2 aromatic carbocycles. The van der Waals surface area contributed by atoms with Crippen molar-refractivity contribution in [1.29, 1.82) is 0 Å². The Kier molecular flexibility index (Phi) is 6.32. The van der Waals surface area contributed by atoms with Gasteiger partial charge in [-0.05, 0) is 58.3 Å². The molecule has 2 aromatic heterocycles. The number of carbonyl (C=O) groups excluding carboxylic acids is 1. The highest BCUT2D eigenvalue weighted by molar-refractivity contribution is 5.96. The molecule has 0 bridgehead atoms. The van der Waals surface area contributed by atoms with Crippen molar-refractivity contribution in [3.05, 3.63) is 89.5 Å². The molecule has 1 unspecified atom stereocenters. The predicted molar refractivity (Wildman–Crippen MR) is 120 cm³/mol. The first kappa shape index (κ1) is 21.3. The third-order valence-electron chi connectivity index (χ3n) is 5.23. The molecular formula is C24H24N6O2. The fourth-order valence-corrected chi connectivity index (χ4v) is 3.46. The van der Waals surface area contributed by atoms with Gasteiger partial charge in [0.2, 0.25) is 0 Å². The molecule has 0 aliphatic rings. The van der Waals surface area contributed by atoms with Crippen LogP contribution in [0.3, 0.4) is 0 Å². The Morgan fingerprint density at radius 1 is 1.12 bits per heavy atom. The van der Waals surface area contributed by atoms with Crippen LogP contribution in [0.4, 0.5) is 0 Å². The zero-order valence-electron chi connectivity index (χ0n) is 17.9. The standard InChI is InChI=1S/C24H24N6O2/c1-3-23-27-28-29-30(23)21-12-19(17-8-6-16(2)7-9-17)11-20(13-21)24(32)26-22(15-31)18-5-4-10-25-14-18/h4-14,22,31H,3,15H2,1-2H3,(H,26,32). The van der Waals surface area contributed by atoms with Gasteiger partial charge >= 0.3 is 0 Å². The van der Waals surface area contributed by atoms with Gasteiger partial charge in [-0.1, -0.05) is 42.8 Å². The normalized spacial score (nSPS) is 11.8. The van der Waals surface area contributed by atoms with Crippen molar-refractivity contribution in [2.45, 2.75) is 26.3 Å². The molecule has 0 aliphatic carbocycles. The molecular weight excluding hydrogens is 404 g/mol. The second-order valence-corrected chi connectivity index (χ2v) is 7.49.